The molecule has 3 aromatic rings. The smallest absolute Gasteiger partial charge is 0.151 e. The van der Waals surface area contributed by atoms with Gasteiger partial charge in [-0.1, -0.05) is 6.07 Å². The molecule has 1 aromatic carbocycles. The molecule has 126 valence electrons. The molecule has 3 heterocycles. The summed E-state index contributed by atoms with van der Waals surface area (Å²) in [4.78, 5) is 8.14. The molecule has 0 saturated carbocycles. The minimum atomic E-state index is -0.955. The Morgan fingerprint density at radius 1 is 1.00 bits per heavy atom. The number of benzene rings is 1. The minimum absolute atomic E-state index is 0.384. The van der Waals surface area contributed by atoms with Crippen LogP contribution in [-0.4, -0.2) is 15.1 Å². The number of aromatic nitrogens is 2. The first kappa shape index (κ1) is 15.4. The predicted octanol–water partition coefficient (Wildman–Crippen LogP) is 3.15. The van der Waals surface area contributed by atoms with Gasteiger partial charge in [-0.3, -0.25) is 5.01 Å². The van der Waals surface area contributed by atoms with Crippen molar-refractivity contribution < 1.29 is 13.9 Å². The highest BCUT2D eigenvalue weighted by Gasteiger charge is 2.28. The third-order valence-electron chi connectivity index (χ3n) is 3.75. The third-order valence-corrected chi connectivity index (χ3v) is 3.75. The molecule has 1 unspecified atom stereocenters. The van der Waals surface area contributed by atoms with Crippen LogP contribution < -0.4 is 15.8 Å². The second-order valence-electron chi connectivity index (χ2n) is 5.46. The average Bonchev–Trinajstić information content (AvgIpc) is 2.93. The fourth-order valence-electron chi connectivity index (χ4n) is 2.60. The van der Waals surface area contributed by atoms with Crippen molar-refractivity contribution in [3.63, 3.8) is 0 Å². The van der Waals surface area contributed by atoms with Crippen molar-refractivity contribution >= 4 is 23.0 Å². The number of rotatable bonds is 3. The number of aliphatic hydroxyl groups is 1. The van der Waals surface area contributed by atoms with E-state index < -0.39 is 12.0 Å². The number of pyridine rings is 2. The third kappa shape index (κ3) is 3.00. The molecule has 1 aliphatic heterocycles. The molecule has 1 aliphatic rings. The lowest BCUT2D eigenvalue weighted by Gasteiger charge is -2.20. The van der Waals surface area contributed by atoms with Gasteiger partial charge in [0.15, 0.2) is 6.23 Å². The molecule has 8 heteroatoms. The zero-order valence-corrected chi connectivity index (χ0v) is 12.8. The summed E-state index contributed by atoms with van der Waals surface area (Å²) in [6.07, 6.45) is 1.65. The van der Waals surface area contributed by atoms with E-state index in [4.69, 9.17) is 0 Å². The van der Waals surface area contributed by atoms with Gasteiger partial charge in [-0.15, -0.1) is 0 Å². The van der Waals surface area contributed by atoms with Crippen molar-refractivity contribution in [2.75, 3.05) is 10.3 Å². The molecule has 0 aliphatic carbocycles. The molecule has 25 heavy (non-hydrogen) atoms. The second kappa shape index (κ2) is 6.08. The Bertz CT molecular complexity index is 919. The van der Waals surface area contributed by atoms with Gasteiger partial charge in [0.2, 0.25) is 0 Å². The molecule has 0 amide bonds. The topological polar surface area (TPSA) is 73.3 Å². The molecule has 0 saturated heterocycles. The van der Waals surface area contributed by atoms with Crippen molar-refractivity contribution in [3.8, 4) is 0 Å². The molecule has 0 spiro atoms. The van der Waals surface area contributed by atoms with Crippen LogP contribution in [0.1, 0.15) is 11.8 Å². The summed E-state index contributed by atoms with van der Waals surface area (Å²) >= 11 is 0. The van der Waals surface area contributed by atoms with E-state index in [9.17, 15) is 13.9 Å². The van der Waals surface area contributed by atoms with E-state index in [2.05, 4.69) is 20.7 Å². The number of halogens is 2. The second-order valence-corrected chi connectivity index (χ2v) is 5.46. The van der Waals surface area contributed by atoms with E-state index in [1.807, 2.05) is 0 Å². The largest absolute Gasteiger partial charge is 0.372 e. The van der Waals surface area contributed by atoms with Crippen LogP contribution in [-0.2, 0) is 0 Å². The van der Waals surface area contributed by atoms with E-state index in [-0.39, 0.29) is 5.82 Å². The number of hydrogen-bond donors (Lipinski definition) is 3. The number of aliphatic hydroxyl groups excluding tert-OH is 1. The molecule has 0 fully saturated rings. The van der Waals surface area contributed by atoms with E-state index in [1.54, 1.807) is 23.2 Å². The van der Waals surface area contributed by atoms with Crippen LogP contribution in [0.3, 0.4) is 0 Å². The first-order valence-electron chi connectivity index (χ1n) is 7.48. The van der Waals surface area contributed by atoms with Gasteiger partial charge >= 0.3 is 0 Å². The molecule has 4 rings (SSSR count). The Hall–Kier alpha value is -3.10. The van der Waals surface area contributed by atoms with Crippen LogP contribution in [0.25, 0.3) is 0 Å². The molecule has 2 aromatic heterocycles. The summed E-state index contributed by atoms with van der Waals surface area (Å²) in [6.45, 7) is 0. The Morgan fingerprint density at radius 3 is 2.60 bits per heavy atom. The van der Waals surface area contributed by atoms with Crippen molar-refractivity contribution in [3.05, 3.63) is 72.1 Å². The van der Waals surface area contributed by atoms with Gasteiger partial charge in [0.25, 0.3) is 0 Å². The highest BCUT2D eigenvalue weighted by Crippen LogP contribution is 2.37. The number of anilines is 4. The number of nitrogens with zero attached hydrogens (tertiary/aromatic N) is 3. The Labute approximate surface area is 141 Å². The van der Waals surface area contributed by atoms with Crippen molar-refractivity contribution in [2.24, 2.45) is 0 Å². The summed E-state index contributed by atoms with van der Waals surface area (Å²) in [6, 6.07) is 10.5. The maximum atomic E-state index is 13.5. The minimum Gasteiger partial charge on any atom is -0.372 e. The van der Waals surface area contributed by atoms with E-state index in [1.165, 1.54) is 30.5 Å². The molecular formula is C17H13F2N5O. The van der Waals surface area contributed by atoms with Crippen LogP contribution >= 0.6 is 0 Å². The molecular weight excluding hydrogens is 328 g/mol. The molecule has 0 bridgehead atoms. The zero-order chi connectivity index (χ0) is 17.4. The van der Waals surface area contributed by atoms with E-state index >= 15 is 0 Å². The standard InChI is InChI=1S/C17H13F2N5O/c18-10-2-1-3-12(6-10)24-14-7-16(21-9-13(14)17(25)23-24)22-15-5-4-11(19)8-20-15/h1-9,17,23,25H,(H,20,21,22). The summed E-state index contributed by atoms with van der Waals surface area (Å²) in [5.74, 6) is 0.0649. The van der Waals surface area contributed by atoms with E-state index in [0.29, 0.717) is 28.6 Å². The van der Waals surface area contributed by atoms with Crippen molar-refractivity contribution in [1.82, 2.24) is 15.4 Å². The van der Waals surface area contributed by atoms with Gasteiger partial charge in [0.1, 0.15) is 23.3 Å². The Balaban J connectivity index is 1.68. The van der Waals surface area contributed by atoms with Gasteiger partial charge in [0.05, 0.1) is 17.6 Å². The van der Waals surface area contributed by atoms with Gasteiger partial charge in [0, 0.05) is 17.8 Å². The predicted molar refractivity (Wildman–Crippen MR) is 88.3 cm³/mol. The maximum absolute atomic E-state index is 13.5. The van der Waals surface area contributed by atoms with Gasteiger partial charge in [-0.05, 0) is 30.3 Å². The van der Waals surface area contributed by atoms with Gasteiger partial charge in [-0.2, -0.15) is 5.43 Å². The monoisotopic (exact) mass is 341 g/mol. The average molecular weight is 341 g/mol. The van der Waals surface area contributed by atoms with Crippen molar-refractivity contribution in [1.29, 1.82) is 0 Å². The van der Waals surface area contributed by atoms with Crippen LogP contribution in [0.2, 0.25) is 0 Å². The van der Waals surface area contributed by atoms with Gasteiger partial charge in [-0.25, -0.2) is 18.7 Å². The number of hydrazine groups is 1. The van der Waals surface area contributed by atoms with Crippen LogP contribution in [0.4, 0.5) is 31.8 Å². The summed E-state index contributed by atoms with van der Waals surface area (Å²) in [5, 5.41) is 14.7. The van der Waals surface area contributed by atoms with Crippen molar-refractivity contribution in [2.45, 2.75) is 6.23 Å². The summed E-state index contributed by atoms with van der Waals surface area (Å²) < 4.78 is 26.5. The Morgan fingerprint density at radius 2 is 1.84 bits per heavy atom. The highest BCUT2D eigenvalue weighted by molar-refractivity contribution is 5.72. The van der Waals surface area contributed by atoms with Crippen LogP contribution in [0.5, 0.6) is 0 Å². The molecule has 1 atom stereocenters. The number of hydrogen-bond acceptors (Lipinski definition) is 6. The first-order chi connectivity index (χ1) is 12.1. The summed E-state index contributed by atoms with van der Waals surface area (Å²) in [5.41, 5.74) is 4.57. The highest BCUT2D eigenvalue weighted by atomic mass is 19.1. The zero-order valence-electron chi connectivity index (χ0n) is 12.8. The lowest BCUT2D eigenvalue weighted by Crippen LogP contribution is -2.29. The van der Waals surface area contributed by atoms with E-state index in [0.717, 1.165) is 6.20 Å². The SMILES string of the molecule is OC1NN(c2cccc(F)c2)c2cc(Nc3ccc(F)cn3)ncc21. The fourth-order valence-corrected chi connectivity index (χ4v) is 2.60. The fraction of sp³-hybridized carbons (Fsp3) is 0.0588. The molecule has 6 nitrogen and oxygen atoms in total. The molecule has 3 N–H and O–H groups in total. The normalized spacial score (nSPS) is 16.0. The molecule has 0 radical (unpaired) electrons. The lowest BCUT2D eigenvalue weighted by atomic mass is 10.2. The maximum Gasteiger partial charge on any atom is 0.151 e. The number of nitrogens with one attached hydrogen (secondary N) is 2. The Kier molecular flexibility index (Phi) is 3.75. The van der Waals surface area contributed by atoms with Crippen LogP contribution in [0, 0.1) is 11.6 Å². The van der Waals surface area contributed by atoms with Gasteiger partial charge < -0.3 is 10.4 Å². The summed E-state index contributed by atoms with van der Waals surface area (Å²) in [7, 11) is 0. The first-order valence-corrected chi connectivity index (χ1v) is 7.48. The quantitative estimate of drug-likeness (QED) is 0.680. The number of fused-ring (bicyclic) bond motifs is 1. The van der Waals surface area contributed by atoms with Crippen LogP contribution in [0.15, 0.2) is 54.9 Å². The lowest BCUT2D eigenvalue weighted by molar-refractivity contribution is 0.152.